The van der Waals surface area contributed by atoms with Gasteiger partial charge in [0.15, 0.2) is 0 Å². The molecule has 0 aromatic carbocycles. The summed E-state index contributed by atoms with van der Waals surface area (Å²) in [7, 11) is 1.56. The largest absolute Gasteiger partial charge is 0.383 e. The van der Waals surface area contributed by atoms with Gasteiger partial charge in [-0.2, -0.15) is 9.61 Å². The Balaban J connectivity index is 1.85. The van der Waals surface area contributed by atoms with Crippen molar-refractivity contribution in [1.82, 2.24) is 19.1 Å². The van der Waals surface area contributed by atoms with E-state index in [1.807, 2.05) is 6.07 Å². The van der Waals surface area contributed by atoms with Gasteiger partial charge in [0.2, 0.25) is 0 Å². The molecule has 2 aliphatic rings. The van der Waals surface area contributed by atoms with Crippen LogP contribution in [0.5, 0.6) is 0 Å². The van der Waals surface area contributed by atoms with E-state index in [2.05, 4.69) is 5.10 Å². The third-order valence-electron chi connectivity index (χ3n) is 5.42. The van der Waals surface area contributed by atoms with E-state index >= 15 is 0 Å². The second-order valence-corrected chi connectivity index (χ2v) is 7.37. The maximum absolute atomic E-state index is 13.1. The number of hydrogen-bond donors (Lipinski definition) is 0. The maximum Gasteiger partial charge on any atom is 0.280 e. The number of methoxy groups -OCH3 is 1. The molecule has 0 aliphatic carbocycles. The minimum atomic E-state index is -0.295. The average molecular weight is 388 g/mol. The van der Waals surface area contributed by atoms with Crippen molar-refractivity contribution in [3.8, 4) is 0 Å². The molecule has 2 aromatic heterocycles. The summed E-state index contributed by atoms with van der Waals surface area (Å²) < 4.78 is 13.5. The molecule has 1 amide bonds. The maximum atomic E-state index is 13.1. The summed E-state index contributed by atoms with van der Waals surface area (Å²) in [5.41, 5.74) is 1.68. The van der Waals surface area contributed by atoms with Gasteiger partial charge >= 0.3 is 0 Å². The Hall–Kier alpha value is -2.52. The van der Waals surface area contributed by atoms with Gasteiger partial charge in [-0.15, -0.1) is 0 Å². The first kappa shape index (κ1) is 18.8. The number of carbonyl (C=O) groups excluding carboxylic acids is 2. The molecule has 0 N–H and O–H groups in total. The predicted molar refractivity (Wildman–Crippen MR) is 99.5 cm³/mol. The molecule has 0 saturated carbocycles. The van der Waals surface area contributed by atoms with Gasteiger partial charge in [-0.3, -0.25) is 14.4 Å². The zero-order valence-electron chi connectivity index (χ0n) is 16.1. The molecule has 9 heteroatoms. The van der Waals surface area contributed by atoms with E-state index in [0.717, 1.165) is 18.5 Å². The molecule has 1 saturated heterocycles. The lowest BCUT2D eigenvalue weighted by Gasteiger charge is -2.19. The predicted octanol–water partition coefficient (Wildman–Crippen LogP) is 0.581. The molecular weight excluding hydrogens is 364 g/mol. The van der Waals surface area contributed by atoms with E-state index in [9.17, 15) is 14.4 Å². The first-order valence-corrected chi connectivity index (χ1v) is 9.52. The summed E-state index contributed by atoms with van der Waals surface area (Å²) in [4.78, 5) is 39.5. The van der Waals surface area contributed by atoms with E-state index < -0.39 is 0 Å². The van der Waals surface area contributed by atoms with Crippen molar-refractivity contribution >= 4 is 17.3 Å². The molecule has 2 aromatic rings. The number of amides is 1. The van der Waals surface area contributed by atoms with Gasteiger partial charge in [0.1, 0.15) is 17.1 Å². The highest BCUT2D eigenvalue weighted by Gasteiger charge is 2.35. The average Bonchev–Trinajstić information content (AvgIpc) is 3.27. The fourth-order valence-corrected chi connectivity index (χ4v) is 3.99. The first-order chi connectivity index (χ1) is 13.5. The molecular formula is C19H24N4O5. The van der Waals surface area contributed by atoms with Crippen molar-refractivity contribution in [2.24, 2.45) is 0 Å². The molecule has 0 unspecified atom stereocenters. The zero-order chi connectivity index (χ0) is 19.8. The molecule has 1 fully saturated rings. The van der Waals surface area contributed by atoms with Crippen LogP contribution in [0.4, 0.5) is 0 Å². The van der Waals surface area contributed by atoms with Crippen LogP contribution in [0.3, 0.4) is 0 Å². The zero-order valence-corrected chi connectivity index (χ0v) is 16.1. The Morgan fingerprint density at radius 2 is 2.07 bits per heavy atom. The SMILES string of the molecule is COCCN1Cc2c(n(CC(C)=O)c3cc(C4CCOCC4)nn3c2=O)C1=O. The summed E-state index contributed by atoms with van der Waals surface area (Å²) in [5, 5.41) is 4.56. The molecule has 4 rings (SSSR count). The second kappa shape index (κ2) is 7.48. The highest BCUT2D eigenvalue weighted by atomic mass is 16.5. The number of ketones is 1. The standard InChI is InChI=1S/C19H24N4O5/c1-12(24)10-22-16-9-15(13-3-6-28-7-4-13)20-23(16)18(25)14-11-21(5-8-27-2)19(26)17(14)22/h9,13H,3-8,10-11H2,1-2H3. The lowest BCUT2D eigenvalue weighted by atomic mass is 9.97. The van der Waals surface area contributed by atoms with Crippen molar-refractivity contribution in [2.75, 3.05) is 33.5 Å². The molecule has 4 heterocycles. The Morgan fingerprint density at radius 1 is 1.32 bits per heavy atom. The summed E-state index contributed by atoms with van der Waals surface area (Å²) in [6.07, 6.45) is 1.68. The van der Waals surface area contributed by atoms with Gasteiger partial charge in [-0.1, -0.05) is 0 Å². The molecule has 150 valence electrons. The number of Topliss-reactive ketones (excluding diaryl/α,β-unsaturated/α-hetero) is 1. The second-order valence-electron chi connectivity index (χ2n) is 7.37. The number of hydrogen-bond acceptors (Lipinski definition) is 6. The van der Waals surface area contributed by atoms with Crippen LogP contribution in [0.15, 0.2) is 10.9 Å². The van der Waals surface area contributed by atoms with E-state index in [0.29, 0.717) is 43.3 Å². The molecule has 28 heavy (non-hydrogen) atoms. The molecule has 0 atom stereocenters. The number of aromatic nitrogens is 3. The van der Waals surface area contributed by atoms with E-state index in [1.165, 1.54) is 11.4 Å². The van der Waals surface area contributed by atoms with Crippen molar-refractivity contribution < 1.29 is 19.1 Å². The highest BCUT2D eigenvalue weighted by Crippen LogP contribution is 2.28. The Kier molecular flexibility index (Phi) is 5.03. The number of ether oxygens (including phenoxy) is 2. The van der Waals surface area contributed by atoms with Crippen LogP contribution in [0.2, 0.25) is 0 Å². The lowest BCUT2D eigenvalue weighted by molar-refractivity contribution is -0.117. The summed E-state index contributed by atoms with van der Waals surface area (Å²) in [5.74, 6) is -0.131. The molecule has 2 aliphatic heterocycles. The molecule has 9 nitrogen and oxygen atoms in total. The fourth-order valence-electron chi connectivity index (χ4n) is 3.99. The molecule has 0 spiro atoms. The molecule has 0 bridgehead atoms. The topological polar surface area (TPSA) is 95.1 Å². The molecule has 0 radical (unpaired) electrons. The summed E-state index contributed by atoms with van der Waals surface area (Å²) in [6, 6.07) is 1.84. The van der Waals surface area contributed by atoms with E-state index in [-0.39, 0.29) is 36.3 Å². The van der Waals surface area contributed by atoms with Crippen LogP contribution in [0, 0.1) is 0 Å². The van der Waals surface area contributed by atoms with Crippen LogP contribution in [-0.4, -0.2) is 64.2 Å². The first-order valence-electron chi connectivity index (χ1n) is 9.52. The third-order valence-corrected chi connectivity index (χ3v) is 5.42. The van der Waals surface area contributed by atoms with Crippen LogP contribution >= 0.6 is 0 Å². The van der Waals surface area contributed by atoms with Gasteiger partial charge in [0.25, 0.3) is 11.5 Å². The lowest BCUT2D eigenvalue weighted by Crippen LogP contribution is -2.29. The monoisotopic (exact) mass is 388 g/mol. The van der Waals surface area contributed by atoms with Gasteiger partial charge < -0.3 is 18.9 Å². The van der Waals surface area contributed by atoms with Gasteiger partial charge in [0.05, 0.1) is 31.0 Å². The normalized spacial score (nSPS) is 17.5. The Morgan fingerprint density at radius 3 is 2.75 bits per heavy atom. The minimum absolute atomic E-state index is 0.0227. The van der Waals surface area contributed by atoms with Crippen molar-refractivity contribution in [1.29, 1.82) is 0 Å². The Bertz CT molecular complexity index is 986. The van der Waals surface area contributed by atoms with E-state index in [4.69, 9.17) is 9.47 Å². The van der Waals surface area contributed by atoms with Gasteiger partial charge in [-0.25, -0.2) is 0 Å². The van der Waals surface area contributed by atoms with Gasteiger partial charge in [-0.05, 0) is 19.8 Å². The van der Waals surface area contributed by atoms with Crippen LogP contribution in [0.25, 0.3) is 5.65 Å². The number of fused-ring (bicyclic) bond motifs is 2. The van der Waals surface area contributed by atoms with Crippen LogP contribution in [-0.2, 0) is 27.4 Å². The smallest absolute Gasteiger partial charge is 0.280 e. The highest BCUT2D eigenvalue weighted by molar-refractivity contribution is 5.97. The van der Waals surface area contributed by atoms with Crippen molar-refractivity contribution in [3.63, 3.8) is 0 Å². The number of carbonyl (C=O) groups is 2. The number of rotatable bonds is 6. The summed E-state index contributed by atoms with van der Waals surface area (Å²) in [6.45, 7) is 3.80. The fraction of sp³-hybridized carbons (Fsp3) is 0.579. The van der Waals surface area contributed by atoms with Gasteiger partial charge in [0, 0.05) is 38.9 Å². The van der Waals surface area contributed by atoms with Crippen LogP contribution < -0.4 is 5.56 Å². The number of nitrogens with zero attached hydrogens (tertiary/aromatic N) is 4. The van der Waals surface area contributed by atoms with Crippen LogP contribution in [0.1, 0.15) is 47.4 Å². The minimum Gasteiger partial charge on any atom is -0.383 e. The summed E-state index contributed by atoms with van der Waals surface area (Å²) >= 11 is 0. The Labute approximate surface area is 161 Å². The van der Waals surface area contributed by atoms with Crippen molar-refractivity contribution in [2.45, 2.75) is 38.8 Å². The van der Waals surface area contributed by atoms with E-state index in [1.54, 1.807) is 16.6 Å². The quantitative estimate of drug-likeness (QED) is 0.718. The van der Waals surface area contributed by atoms with Crippen molar-refractivity contribution in [3.05, 3.63) is 33.4 Å². The third kappa shape index (κ3) is 3.14.